The standard InChI is InChI=1S/C10H13FN2O6/c1-4-2-13(10(17)12-8(4)16)9-7(19-11)6(15)5(3-14)18-9/h2,5-7,9,14-15H,3H2,1H3,(H,12,16,17)/t5-,6?,7?,9-/m0/s1. The molecule has 0 bridgehead atoms. The molecule has 1 aliphatic rings. The minimum absolute atomic E-state index is 0.211. The third-order valence-corrected chi connectivity index (χ3v) is 3.02. The van der Waals surface area contributed by atoms with Crippen LogP contribution in [0, 0.1) is 6.92 Å². The zero-order valence-corrected chi connectivity index (χ0v) is 9.95. The Hall–Kier alpha value is -1.55. The van der Waals surface area contributed by atoms with Crippen LogP contribution in [-0.2, 0) is 9.68 Å². The van der Waals surface area contributed by atoms with Crippen LogP contribution in [-0.4, -0.2) is 44.7 Å². The fourth-order valence-electron chi connectivity index (χ4n) is 1.96. The van der Waals surface area contributed by atoms with E-state index in [1.54, 1.807) is 0 Å². The molecule has 1 aromatic rings. The summed E-state index contributed by atoms with van der Waals surface area (Å²) in [5.41, 5.74) is -1.19. The van der Waals surface area contributed by atoms with E-state index in [-0.39, 0.29) is 5.56 Å². The Morgan fingerprint density at radius 2 is 2.26 bits per heavy atom. The Kier molecular flexibility index (Phi) is 3.80. The van der Waals surface area contributed by atoms with Crippen molar-refractivity contribution in [2.45, 2.75) is 31.5 Å². The lowest BCUT2D eigenvalue weighted by Gasteiger charge is -2.18. The van der Waals surface area contributed by atoms with E-state index in [0.717, 1.165) is 4.57 Å². The van der Waals surface area contributed by atoms with Crippen molar-refractivity contribution in [1.29, 1.82) is 0 Å². The summed E-state index contributed by atoms with van der Waals surface area (Å²) in [6.07, 6.45) is -4.09. The molecule has 0 amide bonds. The van der Waals surface area contributed by atoms with E-state index in [0.29, 0.717) is 0 Å². The van der Waals surface area contributed by atoms with Gasteiger partial charge in [-0.3, -0.25) is 14.3 Å². The van der Waals surface area contributed by atoms with Gasteiger partial charge in [0.2, 0.25) is 0 Å². The Balaban J connectivity index is 2.44. The van der Waals surface area contributed by atoms with Crippen molar-refractivity contribution < 1.29 is 24.4 Å². The molecule has 1 saturated heterocycles. The summed E-state index contributed by atoms with van der Waals surface area (Å²) in [5, 5.41) is 18.6. The molecule has 8 nitrogen and oxygen atoms in total. The molecule has 1 aliphatic heterocycles. The van der Waals surface area contributed by atoms with Gasteiger partial charge in [0.15, 0.2) is 12.3 Å². The first-order valence-corrected chi connectivity index (χ1v) is 5.53. The number of nitrogens with one attached hydrogen (secondary N) is 1. The van der Waals surface area contributed by atoms with Gasteiger partial charge >= 0.3 is 5.69 Å². The van der Waals surface area contributed by atoms with Crippen molar-refractivity contribution in [2.24, 2.45) is 0 Å². The lowest BCUT2D eigenvalue weighted by Crippen LogP contribution is -2.39. The normalized spacial score (nSPS) is 30.7. The molecule has 4 atom stereocenters. The van der Waals surface area contributed by atoms with Crippen LogP contribution in [0.25, 0.3) is 0 Å². The van der Waals surface area contributed by atoms with Crippen LogP contribution in [0.1, 0.15) is 11.8 Å². The number of aromatic nitrogens is 2. The first kappa shape index (κ1) is 13.9. The Bertz CT molecular complexity index is 570. The van der Waals surface area contributed by atoms with Crippen molar-refractivity contribution in [2.75, 3.05) is 6.61 Å². The van der Waals surface area contributed by atoms with Crippen molar-refractivity contribution in [3.8, 4) is 0 Å². The van der Waals surface area contributed by atoms with Crippen LogP contribution in [0.2, 0.25) is 0 Å². The van der Waals surface area contributed by atoms with Crippen molar-refractivity contribution in [3.63, 3.8) is 0 Å². The highest BCUT2D eigenvalue weighted by atomic mass is 19.3. The zero-order valence-electron chi connectivity index (χ0n) is 9.95. The largest absolute Gasteiger partial charge is 0.394 e. The number of hydrogen-bond donors (Lipinski definition) is 3. The second-order valence-corrected chi connectivity index (χ2v) is 4.27. The minimum atomic E-state index is -1.47. The van der Waals surface area contributed by atoms with Gasteiger partial charge in [0.1, 0.15) is 12.2 Å². The van der Waals surface area contributed by atoms with Gasteiger partial charge in [-0.15, -0.1) is 0 Å². The molecule has 3 N–H and O–H groups in total. The number of H-pyrrole nitrogens is 1. The first-order chi connectivity index (χ1) is 8.99. The van der Waals surface area contributed by atoms with Crippen molar-refractivity contribution in [1.82, 2.24) is 9.55 Å². The highest BCUT2D eigenvalue weighted by Crippen LogP contribution is 2.30. The first-order valence-electron chi connectivity index (χ1n) is 5.53. The molecule has 2 heterocycles. The molecule has 9 heteroatoms. The third-order valence-electron chi connectivity index (χ3n) is 3.02. The summed E-state index contributed by atoms with van der Waals surface area (Å²) < 4.78 is 18.6. The van der Waals surface area contributed by atoms with Crippen LogP contribution in [0.5, 0.6) is 0 Å². The van der Waals surface area contributed by atoms with E-state index in [4.69, 9.17) is 9.84 Å². The summed E-state index contributed by atoms with van der Waals surface area (Å²) in [7, 11) is 0. The average Bonchev–Trinajstić information content (AvgIpc) is 2.70. The van der Waals surface area contributed by atoms with E-state index in [1.165, 1.54) is 13.1 Å². The Morgan fingerprint density at radius 3 is 2.84 bits per heavy atom. The number of aryl methyl sites for hydroxylation is 1. The van der Waals surface area contributed by atoms with Gasteiger partial charge in [-0.2, -0.15) is 4.94 Å². The number of aromatic amines is 1. The van der Waals surface area contributed by atoms with Crippen molar-refractivity contribution >= 4 is 0 Å². The summed E-state index contributed by atoms with van der Waals surface area (Å²) in [4.78, 5) is 28.5. The highest BCUT2D eigenvalue weighted by Gasteiger charge is 2.46. The van der Waals surface area contributed by atoms with E-state index in [9.17, 15) is 19.2 Å². The Morgan fingerprint density at radius 1 is 1.58 bits per heavy atom. The Labute approximate surface area is 105 Å². The van der Waals surface area contributed by atoms with E-state index in [1.807, 2.05) is 4.98 Å². The van der Waals surface area contributed by atoms with Gasteiger partial charge in [-0.05, 0) is 11.4 Å². The minimum Gasteiger partial charge on any atom is -0.394 e. The van der Waals surface area contributed by atoms with E-state index < -0.39 is 42.4 Å². The smallest absolute Gasteiger partial charge is 0.330 e. The van der Waals surface area contributed by atoms with Crippen LogP contribution in [0.4, 0.5) is 4.53 Å². The molecule has 0 radical (unpaired) electrons. The highest BCUT2D eigenvalue weighted by molar-refractivity contribution is 5.03. The quantitative estimate of drug-likeness (QED) is 0.610. The molecule has 0 saturated carbocycles. The van der Waals surface area contributed by atoms with Crippen LogP contribution < -0.4 is 11.2 Å². The number of hydrogen-bond acceptors (Lipinski definition) is 6. The van der Waals surface area contributed by atoms with Gasteiger partial charge in [0, 0.05) is 11.8 Å². The number of rotatable bonds is 3. The second kappa shape index (κ2) is 5.21. The molecule has 0 aliphatic carbocycles. The van der Waals surface area contributed by atoms with Crippen LogP contribution in [0.3, 0.4) is 0 Å². The maximum atomic E-state index is 12.5. The molecule has 2 rings (SSSR count). The fourth-order valence-corrected chi connectivity index (χ4v) is 1.96. The van der Waals surface area contributed by atoms with Gasteiger partial charge in [0.05, 0.1) is 6.61 Å². The van der Waals surface area contributed by atoms with Crippen LogP contribution in [0.15, 0.2) is 15.8 Å². The monoisotopic (exact) mass is 276 g/mol. The number of nitrogens with zero attached hydrogens (tertiary/aromatic N) is 1. The lowest BCUT2D eigenvalue weighted by molar-refractivity contribution is -0.221. The molecular formula is C10H13FN2O6. The van der Waals surface area contributed by atoms with Gasteiger partial charge in [0.25, 0.3) is 5.56 Å². The number of aliphatic hydroxyl groups is 2. The predicted octanol–water partition coefficient (Wildman–Crippen LogP) is -1.63. The summed E-state index contributed by atoms with van der Waals surface area (Å²) in [6, 6.07) is 0. The predicted molar refractivity (Wildman–Crippen MR) is 59.0 cm³/mol. The maximum Gasteiger partial charge on any atom is 0.330 e. The average molecular weight is 276 g/mol. The molecule has 19 heavy (non-hydrogen) atoms. The number of aliphatic hydroxyl groups excluding tert-OH is 2. The maximum absolute atomic E-state index is 12.5. The third kappa shape index (κ3) is 2.32. The summed E-state index contributed by atoms with van der Waals surface area (Å²) in [6.45, 7) is 0.892. The topological polar surface area (TPSA) is 114 Å². The van der Waals surface area contributed by atoms with Crippen molar-refractivity contribution in [3.05, 3.63) is 32.6 Å². The molecule has 2 unspecified atom stereocenters. The van der Waals surface area contributed by atoms with Gasteiger partial charge in [-0.25, -0.2) is 4.79 Å². The zero-order chi connectivity index (χ0) is 14.2. The molecule has 0 aromatic carbocycles. The molecule has 0 spiro atoms. The van der Waals surface area contributed by atoms with Gasteiger partial charge in [-0.1, -0.05) is 0 Å². The fraction of sp³-hybridized carbons (Fsp3) is 0.600. The summed E-state index contributed by atoms with van der Waals surface area (Å²) >= 11 is 0. The number of halogens is 1. The van der Waals surface area contributed by atoms with E-state index >= 15 is 0 Å². The van der Waals surface area contributed by atoms with Crippen LogP contribution >= 0.6 is 0 Å². The van der Waals surface area contributed by atoms with Gasteiger partial charge < -0.3 is 14.9 Å². The molecule has 1 aromatic heterocycles. The second-order valence-electron chi connectivity index (χ2n) is 4.27. The number of ether oxygens (including phenoxy) is 1. The SMILES string of the molecule is Cc1cn([C@H]2O[C@@H](CO)C(O)C2OF)c(=O)[nH]c1=O. The summed E-state index contributed by atoms with van der Waals surface area (Å²) in [5.74, 6) is 0. The lowest BCUT2D eigenvalue weighted by atomic mass is 10.1. The molecular weight excluding hydrogens is 263 g/mol. The molecule has 106 valence electrons. The molecule has 1 fully saturated rings. The van der Waals surface area contributed by atoms with E-state index in [2.05, 4.69) is 4.94 Å².